The maximum atomic E-state index is 13.1. The first kappa shape index (κ1) is 21.9. The topological polar surface area (TPSA) is 68.2 Å². The number of imide groups is 1. The Morgan fingerprint density at radius 2 is 1.79 bits per heavy atom. The first-order chi connectivity index (χ1) is 16.5. The lowest BCUT2D eigenvalue weighted by Crippen LogP contribution is -2.40. The maximum Gasteiger partial charge on any atom is 0.254 e. The minimum Gasteiger partial charge on any atom is -0.493 e. The molecule has 1 heterocycles. The molecule has 34 heavy (non-hydrogen) atoms. The van der Waals surface area contributed by atoms with Gasteiger partial charge in [-0.2, -0.15) is 10.1 Å². The quantitative estimate of drug-likeness (QED) is 0.291. The summed E-state index contributed by atoms with van der Waals surface area (Å²) in [6.07, 6.45) is 6.97. The predicted octanol–water partition coefficient (Wildman–Crippen LogP) is 5.08. The molecule has 6 atom stereocenters. The van der Waals surface area contributed by atoms with Gasteiger partial charge in [0.1, 0.15) is 6.61 Å². The van der Waals surface area contributed by atoms with Crippen molar-refractivity contribution in [1.82, 2.24) is 5.01 Å². The number of methoxy groups -OCH3 is 1. The van der Waals surface area contributed by atoms with Crippen LogP contribution in [0.4, 0.5) is 0 Å². The van der Waals surface area contributed by atoms with Crippen molar-refractivity contribution in [2.45, 2.75) is 13.0 Å². The van der Waals surface area contributed by atoms with Gasteiger partial charge in [0, 0.05) is 10.6 Å². The van der Waals surface area contributed by atoms with Crippen LogP contribution in [0.15, 0.2) is 58.1 Å². The molecule has 0 aromatic heterocycles. The zero-order valence-corrected chi connectivity index (χ0v) is 20.7. The summed E-state index contributed by atoms with van der Waals surface area (Å²) in [7, 11) is 1.55. The Bertz CT molecular complexity index is 1230. The number of ether oxygens (including phenoxy) is 2. The van der Waals surface area contributed by atoms with E-state index in [-0.39, 0.29) is 42.1 Å². The second-order valence-electron chi connectivity index (χ2n) is 9.30. The molecule has 8 heteroatoms. The first-order valence-electron chi connectivity index (χ1n) is 11.3. The van der Waals surface area contributed by atoms with Crippen molar-refractivity contribution in [2.75, 3.05) is 7.11 Å². The molecule has 174 valence electrons. The summed E-state index contributed by atoms with van der Waals surface area (Å²) >= 11 is 9.77. The fourth-order valence-corrected chi connectivity index (χ4v) is 6.66. The van der Waals surface area contributed by atoms with E-state index >= 15 is 0 Å². The third kappa shape index (κ3) is 3.40. The molecule has 2 aromatic carbocycles. The van der Waals surface area contributed by atoms with Gasteiger partial charge in [-0.3, -0.25) is 9.59 Å². The average Bonchev–Trinajstić information content (AvgIpc) is 3.62. The van der Waals surface area contributed by atoms with Gasteiger partial charge in [0.05, 0.1) is 29.6 Å². The molecule has 0 spiro atoms. The molecule has 3 fully saturated rings. The van der Waals surface area contributed by atoms with Crippen molar-refractivity contribution in [3.8, 4) is 11.5 Å². The molecule has 2 aromatic rings. The van der Waals surface area contributed by atoms with Gasteiger partial charge in [0.25, 0.3) is 11.8 Å². The Morgan fingerprint density at radius 3 is 2.44 bits per heavy atom. The molecule has 6 nitrogen and oxygen atoms in total. The number of hydrazone groups is 1. The van der Waals surface area contributed by atoms with Crippen molar-refractivity contribution in [1.29, 1.82) is 0 Å². The number of carbonyl (C=O) groups is 2. The van der Waals surface area contributed by atoms with Crippen molar-refractivity contribution < 1.29 is 19.1 Å². The van der Waals surface area contributed by atoms with Crippen LogP contribution < -0.4 is 9.47 Å². The third-order valence-electron chi connectivity index (χ3n) is 7.54. The molecule has 4 aliphatic carbocycles. The van der Waals surface area contributed by atoms with Crippen LogP contribution in [0.2, 0.25) is 5.02 Å². The summed E-state index contributed by atoms with van der Waals surface area (Å²) in [5, 5.41) is 6.02. The average molecular weight is 542 g/mol. The van der Waals surface area contributed by atoms with Gasteiger partial charge >= 0.3 is 0 Å². The number of nitrogens with zero attached hydrogens (tertiary/aromatic N) is 2. The van der Waals surface area contributed by atoms with Gasteiger partial charge in [-0.25, -0.2) is 0 Å². The molecule has 2 bridgehead atoms. The van der Waals surface area contributed by atoms with Crippen LogP contribution in [0, 0.1) is 35.5 Å². The van der Waals surface area contributed by atoms with Crippen LogP contribution in [0.1, 0.15) is 17.5 Å². The van der Waals surface area contributed by atoms with Crippen molar-refractivity contribution in [2.24, 2.45) is 40.6 Å². The van der Waals surface area contributed by atoms with Crippen molar-refractivity contribution in [3.05, 3.63) is 69.2 Å². The maximum absolute atomic E-state index is 13.1. The number of rotatable bonds is 6. The molecule has 1 aliphatic heterocycles. The largest absolute Gasteiger partial charge is 0.493 e. The second-order valence-corrected chi connectivity index (χ2v) is 10.6. The predicted molar refractivity (Wildman–Crippen MR) is 131 cm³/mol. The van der Waals surface area contributed by atoms with Crippen molar-refractivity contribution >= 4 is 45.6 Å². The zero-order valence-electron chi connectivity index (χ0n) is 18.4. The third-order valence-corrected chi connectivity index (χ3v) is 8.50. The lowest BCUT2D eigenvalue weighted by atomic mass is 9.63. The Hall–Kier alpha value is -2.64. The fraction of sp³-hybridized carbons (Fsp3) is 0.346. The van der Waals surface area contributed by atoms with Gasteiger partial charge in [0.15, 0.2) is 11.5 Å². The van der Waals surface area contributed by atoms with E-state index in [0.29, 0.717) is 38.4 Å². The van der Waals surface area contributed by atoms with Crippen LogP contribution >= 0.6 is 27.5 Å². The molecular weight excluding hydrogens is 520 g/mol. The Labute approximate surface area is 210 Å². The van der Waals surface area contributed by atoms with E-state index in [1.807, 2.05) is 30.3 Å². The van der Waals surface area contributed by atoms with Crippen LogP contribution in [0.5, 0.6) is 11.5 Å². The highest BCUT2D eigenvalue weighted by atomic mass is 79.9. The van der Waals surface area contributed by atoms with E-state index in [1.165, 1.54) is 6.21 Å². The van der Waals surface area contributed by atoms with E-state index in [2.05, 4.69) is 33.2 Å². The molecule has 0 radical (unpaired) electrons. The highest BCUT2D eigenvalue weighted by Crippen LogP contribution is 2.65. The Balaban J connectivity index is 1.21. The fourth-order valence-electron chi connectivity index (χ4n) is 5.90. The molecular formula is C26H22BrClN2O4. The van der Waals surface area contributed by atoms with E-state index in [9.17, 15) is 9.59 Å². The Morgan fingerprint density at radius 1 is 1.12 bits per heavy atom. The number of carbonyl (C=O) groups excluding carboxylic acids is 2. The van der Waals surface area contributed by atoms with Crippen LogP contribution in [-0.2, 0) is 16.2 Å². The molecule has 2 saturated carbocycles. The molecule has 5 aliphatic rings. The lowest BCUT2D eigenvalue weighted by molar-refractivity contribution is -0.140. The summed E-state index contributed by atoms with van der Waals surface area (Å²) in [6.45, 7) is 0.278. The van der Waals surface area contributed by atoms with Crippen LogP contribution in [-0.4, -0.2) is 30.1 Å². The smallest absolute Gasteiger partial charge is 0.254 e. The summed E-state index contributed by atoms with van der Waals surface area (Å²) in [5.74, 6) is 1.64. The summed E-state index contributed by atoms with van der Waals surface area (Å²) in [4.78, 5) is 26.2. The number of benzene rings is 2. The van der Waals surface area contributed by atoms with Gasteiger partial charge in [0.2, 0.25) is 0 Å². The van der Waals surface area contributed by atoms with Crippen molar-refractivity contribution in [3.63, 3.8) is 0 Å². The standard InChI is InChI=1S/C26H22BrClN2O4/c1-33-21-9-13(8-19(27)24(21)34-12-14-4-2-3-5-20(14)28)11-29-30-25(31)22-15-6-7-16(18-10-17(15)18)23(22)26(30)32/h2-9,11,15-18,22-23H,10,12H2,1H3/t15-,16-,17-,18-,22-,23+/m0/s1. The summed E-state index contributed by atoms with van der Waals surface area (Å²) < 4.78 is 12.2. The van der Waals surface area contributed by atoms with Gasteiger partial charge in [-0.15, -0.1) is 0 Å². The van der Waals surface area contributed by atoms with Gasteiger partial charge in [-0.1, -0.05) is 42.0 Å². The molecule has 2 amide bonds. The molecule has 0 unspecified atom stereocenters. The SMILES string of the molecule is COc1cc(C=NN2C(=O)[C@@H]3[C@H]4C=C[C@@H]([C@@H]5C[C@@H]45)[C@@H]3C2=O)cc(Br)c1OCc1ccccc1Cl. The van der Waals surface area contributed by atoms with E-state index in [1.54, 1.807) is 13.2 Å². The normalized spacial score (nSPS) is 30.6. The minimum absolute atomic E-state index is 0.179. The lowest BCUT2D eigenvalue weighted by Gasteiger charge is -2.37. The second kappa shape index (κ2) is 8.24. The summed E-state index contributed by atoms with van der Waals surface area (Å²) in [6, 6.07) is 11.1. The van der Waals surface area contributed by atoms with Gasteiger partial charge < -0.3 is 9.47 Å². The van der Waals surface area contributed by atoms with Gasteiger partial charge in [-0.05, 0) is 69.8 Å². The van der Waals surface area contributed by atoms with Crippen LogP contribution in [0.3, 0.4) is 0 Å². The monoisotopic (exact) mass is 540 g/mol. The van der Waals surface area contributed by atoms with E-state index in [0.717, 1.165) is 17.0 Å². The van der Waals surface area contributed by atoms with Crippen LogP contribution in [0.25, 0.3) is 0 Å². The molecule has 1 saturated heterocycles. The minimum atomic E-state index is -0.259. The zero-order chi connectivity index (χ0) is 23.6. The molecule has 7 rings (SSSR count). The number of allylic oxidation sites excluding steroid dienone is 2. The van der Waals surface area contributed by atoms with E-state index in [4.69, 9.17) is 21.1 Å². The first-order valence-corrected chi connectivity index (χ1v) is 12.5. The summed E-state index contributed by atoms with van der Waals surface area (Å²) in [5.41, 5.74) is 1.53. The molecule has 0 N–H and O–H groups in total. The highest BCUT2D eigenvalue weighted by Gasteiger charge is 2.67. The number of hydrogen-bond acceptors (Lipinski definition) is 5. The number of amides is 2. The van der Waals surface area contributed by atoms with E-state index < -0.39 is 0 Å². The number of hydrogen-bond donors (Lipinski definition) is 0. The Kier molecular flexibility index (Phi) is 5.30. The highest BCUT2D eigenvalue weighted by molar-refractivity contribution is 9.10. The number of halogens is 2.